The Hall–Kier alpha value is -1.58. The molecule has 2 heterocycles. The molecule has 0 amide bonds. The normalized spacial score (nSPS) is 10.6. The highest BCUT2D eigenvalue weighted by molar-refractivity contribution is 5.66. The lowest BCUT2D eigenvalue weighted by atomic mass is 10.5. The predicted octanol–water partition coefficient (Wildman–Crippen LogP) is 0.526. The van der Waals surface area contributed by atoms with Crippen LogP contribution in [-0.2, 0) is 7.05 Å². The molecule has 0 N–H and O–H groups in total. The van der Waals surface area contributed by atoms with E-state index in [9.17, 15) is 4.79 Å². The van der Waals surface area contributed by atoms with Gasteiger partial charge in [0.2, 0.25) is 0 Å². The van der Waals surface area contributed by atoms with Gasteiger partial charge in [0, 0.05) is 13.2 Å². The van der Waals surface area contributed by atoms with Gasteiger partial charge in [-0.3, -0.25) is 4.57 Å². The van der Waals surface area contributed by atoms with Gasteiger partial charge in [0.1, 0.15) is 0 Å². The lowest BCUT2D eigenvalue weighted by molar-refractivity contribution is 0.528. The van der Waals surface area contributed by atoms with Crippen molar-refractivity contribution in [3.8, 4) is 0 Å². The van der Waals surface area contributed by atoms with Gasteiger partial charge in [-0.05, 0) is 12.1 Å². The molecule has 2 aromatic rings. The van der Waals surface area contributed by atoms with Gasteiger partial charge in [-0.1, -0.05) is 0 Å². The van der Waals surface area contributed by atoms with Crippen LogP contribution in [0.3, 0.4) is 0 Å². The summed E-state index contributed by atoms with van der Waals surface area (Å²) in [5, 5.41) is 0. The molecule has 0 aromatic carbocycles. The van der Waals surface area contributed by atoms with Crippen molar-refractivity contribution in [2.45, 2.75) is 0 Å². The second-order valence-electron chi connectivity index (χ2n) is 2.25. The third-order valence-electron chi connectivity index (χ3n) is 1.54. The number of fused-ring (bicyclic) bond motifs is 1. The molecular weight excluding hydrogens is 144 g/mol. The Bertz CT molecular complexity index is 441. The Kier molecular flexibility index (Phi) is 1.09. The van der Waals surface area contributed by atoms with Gasteiger partial charge in [-0.2, -0.15) is 0 Å². The molecule has 0 saturated heterocycles. The smallest absolute Gasteiger partial charge is 0.406 e. The summed E-state index contributed by atoms with van der Waals surface area (Å²) in [7, 11) is 1.63. The summed E-state index contributed by atoms with van der Waals surface area (Å²) in [6.07, 6.45) is 1.62. The number of aryl methyl sites for hydroxylation is 1. The molecule has 0 radical (unpaired) electrons. The fourth-order valence-corrected chi connectivity index (χ4v) is 0.963. The first-order valence-corrected chi connectivity index (χ1v) is 3.19. The second-order valence-corrected chi connectivity index (χ2v) is 2.25. The minimum Gasteiger partial charge on any atom is -0.406 e. The number of rotatable bonds is 0. The van der Waals surface area contributed by atoms with Crippen molar-refractivity contribution in [3.05, 3.63) is 28.9 Å². The minimum absolute atomic E-state index is 0.376. The second kappa shape index (κ2) is 1.95. The number of nitrogens with zero attached hydrogens (tertiary/aromatic N) is 2. The third kappa shape index (κ3) is 0.756. The number of oxazole rings is 1. The summed E-state index contributed by atoms with van der Waals surface area (Å²) < 4.78 is 6.21. The first kappa shape index (κ1) is 6.15. The summed E-state index contributed by atoms with van der Waals surface area (Å²) in [6.45, 7) is 0. The van der Waals surface area contributed by atoms with Crippen molar-refractivity contribution in [2.75, 3.05) is 0 Å². The van der Waals surface area contributed by atoms with E-state index < -0.39 is 0 Å². The maximum atomic E-state index is 10.9. The van der Waals surface area contributed by atoms with Crippen molar-refractivity contribution < 1.29 is 4.42 Å². The molecule has 11 heavy (non-hydrogen) atoms. The van der Waals surface area contributed by atoms with Crippen LogP contribution in [0.4, 0.5) is 0 Å². The topological polar surface area (TPSA) is 48.0 Å². The Morgan fingerprint density at radius 3 is 3.18 bits per heavy atom. The van der Waals surface area contributed by atoms with E-state index in [1.165, 1.54) is 4.57 Å². The molecule has 0 unspecified atom stereocenters. The fraction of sp³-hybridized carbons (Fsp3) is 0.143. The van der Waals surface area contributed by atoms with Gasteiger partial charge >= 0.3 is 5.76 Å². The molecule has 0 aliphatic heterocycles. The molecule has 0 aliphatic rings. The Morgan fingerprint density at radius 1 is 1.64 bits per heavy atom. The summed E-state index contributed by atoms with van der Waals surface area (Å²) >= 11 is 0. The first-order valence-electron chi connectivity index (χ1n) is 3.19. The largest absolute Gasteiger partial charge is 0.420 e. The average molecular weight is 150 g/mol. The molecule has 0 spiro atoms. The van der Waals surface area contributed by atoms with Crippen molar-refractivity contribution >= 4 is 11.2 Å². The van der Waals surface area contributed by atoms with E-state index in [0.717, 1.165) is 0 Å². The highest BCUT2D eigenvalue weighted by atomic mass is 16.4. The van der Waals surface area contributed by atoms with Crippen molar-refractivity contribution in [1.29, 1.82) is 0 Å². The van der Waals surface area contributed by atoms with E-state index in [1.807, 2.05) is 0 Å². The zero-order valence-corrected chi connectivity index (χ0v) is 5.94. The number of aromatic nitrogens is 2. The molecule has 0 bridgehead atoms. The van der Waals surface area contributed by atoms with Crippen LogP contribution in [0, 0.1) is 0 Å². The van der Waals surface area contributed by atoms with E-state index in [0.29, 0.717) is 11.2 Å². The lowest BCUT2D eigenvalue weighted by Gasteiger charge is -1.86. The minimum atomic E-state index is -0.376. The molecule has 4 heteroatoms. The number of hydrogen-bond acceptors (Lipinski definition) is 3. The molecule has 0 fully saturated rings. The number of hydrogen-bond donors (Lipinski definition) is 0. The molecule has 0 atom stereocenters. The highest BCUT2D eigenvalue weighted by Gasteiger charge is 2.03. The zero-order chi connectivity index (χ0) is 7.84. The molecule has 4 nitrogen and oxygen atoms in total. The summed E-state index contributed by atoms with van der Waals surface area (Å²) in [4.78, 5) is 14.9. The van der Waals surface area contributed by atoms with Gasteiger partial charge in [-0.25, -0.2) is 9.78 Å². The number of pyridine rings is 1. The lowest BCUT2D eigenvalue weighted by Crippen LogP contribution is -2.08. The molecular formula is C7H6N2O2. The van der Waals surface area contributed by atoms with Gasteiger partial charge in [-0.15, -0.1) is 0 Å². The monoisotopic (exact) mass is 150 g/mol. The van der Waals surface area contributed by atoms with Crippen LogP contribution in [0.25, 0.3) is 11.2 Å². The maximum absolute atomic E-state index is 10.9. The average Bonchev–Trinajstić information content (AvgIpc) is 2.30. The first-order chi connectivity index (χ1) is 5.29. The van der Waals surface area contributed by atoms with Crippen LogP contribution in [0.2, 0.25) is 0 Å². The Labute approximate surface area is 62.1 Å². The quantitative estimate of drug-likeness (QED) is 0.550. The SMILES string of the molecule is Cn1c(=O)oc2cccnc21. The Balaban J connectivity index is 3.04. The van der Waals surface area contributed by atoms with Crippen LogP contribution in [0.1, 0.15) is 0 Å². The van der Waals surface area contributed by atoms with Crippen molar-refractivity contribution in [2.24, 2.45) is 7.05 Å². The molecule has 2 aromatic heterocycles. The van der Waals surface area contributed by atoms with Gasteiger partial charge in [0.25, 0.3) is 0 Å². The van der Waals surface area contributed by atoms with E-state index in [2.05, 4.69) is 4.98 Å². The maximum Gasteiger partial charge on any atom is 0.420 e. The third-order valence-corrected chi connectivity index (χ3v) is 1.54. The van der Waals surface area contributed by atoms with Crippen LogP contribution >= 0.6 is 0 Å². The summed E-state index contributed by atoms with van der Waals surface area (Å²) in [6, 6.07) is 3.44. The van der Waals surface area contributed by atoms with Gasteiger partial charge in [0.05, 0.1) is 0 Å². The van der Waals surface area contributed by atoms with E-state index >= 15 is 0 Å². The van der Waals surface area contributed by atoms with Crippen LogP contribution < -0.4 is 5.76 Å². The van der Waals surface area contributed by atoms with E-state index in [-0.39, 0.29) is 5.76 Å². The molecule has 2 rings (SSSR count). The van der Waals surface area contributed by atoms with Crippen LogP contribution in [0.5, 0.6) is 0 Å². The predicted molar refractivity (Wildman–Crippen MR) is 39.3 cm³/mol. The zero-order valence-electron chi connectivity index (χ0n) is 5.94. The van der Waals surface area contributed by atoms with E-state index in [4.69, 9.17) is 4.42 Å². The molecule has 0 aliphatic carbocycles. The fourth-order valence-electron chi connectivity index (χ4n) is 0.963. The summed E-state index contributed by atoms with van der Waals surface area (Å²) in [5.74, 6) is -0.376. The molecule has 56 valence electrons. The standard InChI is InChI=1S/C7H6N2O2/c1-9-6-5(11-7(9)10)3-2-4-8-6/h2-4H,1H3. The van der Waals surface area contributed by atoms with Crippen LogP contribution in [0.15, 0.2) is 27.5 Å². The van der Waals surface area contributed by atoms with Crippen LogP contribution in [-0.4, -0.2) is 9.55 Å². The molecule has 0 saturated carbocycles. The summed E-state index contributed by atoms with van der Waals surface area (Å²) in [5.41, 5.74) is 1.11. The van der Waals surface area contributed by atoms with E-state index in [1.54, 1.807) is 25.4 Å². The van der Waals surface area contributed by atoms with Gasteiger partial charge in [0.15, 0.2) is 11.2 Å². The van der Waals surface area contributed by atoms with Gasteiger partial charge < -0.3 is 4.42 Å². The van der Waals surface area contributed by atoms with Crippen molar-refractivity contribution in [1.82, 2.24) is 9.55 Å². The Morgan fingerprint density at radius 2 is 2.45 bits per heavy atom. The van der Waals surface area contributed by atoms with Crippen molar-refractivity contribution in [3.63, 3.8) is 0 Å². The highest BCUT2D eigenvalue weighted by Crippen LogP contribution is 2.05.